The molecule has 4 nitrogen and oxygen atoms in total. The van der Waals surface area contributed by atoms with Gasteiger partial charge in [-0.3, -0.25) is 0 Å². The summed E-state index contributed by atoms with van der Waals surface area (Å²) in [5, 5.41) is 18.8. The summed E-state index contributed by atoms with van der Waals surface area (Å²) < 4.78 is 9.69. The fourth-order valence-electron chi connectivity index (χ4n) is 1.09. The third-order valence-corrected chi connectivity index (χ3v) is 1.79. The van der Waals surface area contributed by atoms with Crippen LogP contribution in [0.5, 0.6) is 0 Å². The van der Waals surface area contributed by atoms with Gasteiger partial charge in [0.05, 0.1) is 19.3 Å². The Morgan fingerprint density at radius 3 is 2.58 bits per heavy atom. The maximum atomic E-state index is 9.69. The number of hydrogen-bond donors (Lipinski definition) is 2. The average Bonchev–Trinajstić information content (AvgIpc) is 2.05. The number of ether oxygens (including phenoxy) is 2. The summed E-state index contributed by atoms with van der Waals surface area (Å²) in [6.07, 6.45) is 2.96. The van der Waals surface area contributed by atoms with Gasteiger partial charge in [-0.05, 0) is 12.2 Å². The van der Waals surface area contributed by atoms with Gasteiger partial charge >= 0.3 is 0 Å². The predicted octanol–water partition coefficient (Wildman–Crippen LogP) is 0.697. The predicted molar refractivity (Wildman–Crippen MR) is 42.4 cm³/mol. The monoisotopic (exact) mass is 172 g/mol. The van der Waals surface area contributed by atoms with Crippen LogP contribution in [0.25, 0.3) is 0 Å². The van der Waals surface area contributed by atoms with Crippen LogP contribution in [0.1, 0.15) is 6.42 Å². The van der Waals surface area contributed by atoms with Gasteiger partial charge in [0, 0.05) is 7.11 Å². The van der Waals surface area contributed by atoms with E-state index in [1.807, 2.05) is 0 Å². The summed E-state index contributed by atoms with van der Waals surface area (Å²) in [5.41, 5.74) is 0. The maximum absolute atomic E-state index is 9.69. The number of aliphatic hydroxyl groups excluding tert-OH is 1. The van der Waals surface area contributed by atoms with Crippen molar-refractivity contribution in [3.63, 3.8) is 0 Å². The van der Waals surface area contributed by atoms with Crippen molar-refractivity contribution in [3.8, 4) is 0 Å². The van der Waals surface area contributed by atoms with Crippen LogP contribution in [-0.2, 0) is 9.47 Å². The smallest absolute Gasteiger partial charge is 0.232 e. The molecule has 0 aliphatic heterocycles. The van der Waals surface area contributed by atoms with Gasteiger partial charge < -0.3 is 19.7 Å². The van der Waals surface area contributed by atoms with Crippen LogP contribution in [0, 0.1) is 0 Å². The molecule has 0 aromatic rings. The van der Waals surface area contributed by atoms with Crippen LogP contribution in [0.2, 0.25) is 0 Å². The Morgan fingerprint density at radius 2 is 2.08 bits per heavy atom. The molecule has 1 rings (SSSR count). The number of allylic oxidation sites excluding steroid dienone is 2. The molecule has 0 fully saturated rings. The van der Waals surface area contributed by atoms with Crippen molar-refractivity contribution in [2.24, 2.45) is 0 Å². The first-order chi connectivity index (χ1) is 5.62. The van der Waals surface area contributed by atoms with Crippen LogP contribution in [0.15, 0.2) is 23.7 Å². The molecule has 1 atom stereocenters. The largest absolute Gasteiger partial charge is 0.512 e. The highest BCUT2D eigenvalue weighted by Gasteiger charge is 2.36. The van der Waals surface area contributed by atoms with E-state index < -0.39 is 5.79 Å². The number of methoxy groups -OCH3 is 2. The van der Waals surface area contributed by atoms with E-state index in [1.165, 1.54) is 26.4 Å². The number of aliphatic hydroxyl groups is 2. The van der Waals surface area contributed by atoms with Crippen LogP contribution >= 0.6 is 0 Å². The number of rotatable bonds is 2. The molecule has 1 aliphatic carbocycles. The molecule has 1 aliphatic rings. The highest BCUT2D eigenvalue weighted by Crippen LogP contribution is 2.29. The first-order valence-corrected chi connectivity index (χ1v) is 3.54. The second kappa shape index (κ2) is 3.16. The zero-order valence-corrected chi connectivity index (χ0v) is 7.07. The molecule has 0 spiro atoms. The summed E-state index contributed by atoms with van der Waals surface area (Å²) in [5.74, 6) is -1.16. The summed E-state index contributed by atoms with van der Waals surface area (Å²) in [4.78, 5) is 0. The van der Waals surface area contributed by atoms with Gasteiger partial charge in [-0.2, -0.15) is 0 Å². The summed E-state index contributed by atoms with van der Waals surface area (Å²) in [6.45, 7) is 0. The molecular weight excluding hydrogens is 160 g/mol. The second-order valence-electron chi connectivity index (χ2n) is 2.56. The Kier molecular flexibility index (Phi) is 2.40. The van der Waals surface area contributed by atoms with Gasteiger partial charge in [-0.15, -0.1) is 0 Å². The lowest BCUT2D eigenvalue weighted by molar-refractivity contribution is -0.183. The Morgan fingerprint density at radius 1 is 1.42 bits per heavy atom. The van der Waals surface area contributed by atoms with Gasteiger partial charge in [0.1, 0.15) is 0 Å². The van der Waals surface area contributed by atoms with Gasteiger partial charge in [0.25, 0.3) is 0 Å². The highest BCUT2D eigenvalue weighted by molar-refractivity contribution is 5.23. The van der Waals surface area contributed by atoms with Gasteiger partial charge in [0.2, 0.25) is 5.79 Å². The van der Waals surface area contributed by atoms with E-state index in [2.05, 4.69) is 0 Å². The minimum Gasteiger partial charge on any atom is -0.512 e. The van der Waals surface area contributed by atoms with Crippen molar-refractivity contribution < 1.29 is 19.7 Å². The van der Waals surface area contributed by atoms with Gasteiger partial charge in [-0.1, -0.05) is 0 Å². The molecule has 12 heavy (non-hydrogen) atoms. The summed E-state index contributed by atoms with van der Waals surface area (Å²) in [6, 6.07) is 0. The topological polar surface area (TPSA) is 58.9 Å². The van der Waals surface area contributed by atoms with Crippen LogP contribution < -0.4 is 0 Å². The van der Waals surface area contributed by atoms with Crippen LogP contribution in [0.3, 0.4) is 0 Å². The van der Waals surface area contributed by atoms with Crippen molar-refractivity contribution in [3.05, 3.63) is 23.7 Å². The lowest BCUT2D eigenvalue weighted by atomic mass is 10.0. The normalized spacial score (nSPS) is 29.2. The van der Waals surface area contributed by atoms with Crippen molar-refractivity contribution in [1.29, 1.82) is 0 Å². The molecule has 0 aromatic heterocycles. The maximum Gasteiger partial charge on any atom is 0.232 e. The number of hydrogen-bond acceptors (Lipinski definition) is 4. The quantitative estimate of drug-likeness (QED) is 0.602. The van der Waals surface area contributed by atoms with E-state index in [9.17, 15) is 5.11 Å². The van der Waals surface area contributed by atoms with E-state index in [-0.39, 0.29) is 12.2 Å². The van der Waals surface area contributed by atoms with Crippen molar-refractivity contribution >= 4 is 0 Å². The highest BCUT2D eigenvalue weighted by atomic mass is 16.6. The first-order valence-electron chi connectivity index (χ1n) is 3.54. The first kappa shape index (κ1) is 9.09. The summed E-state index contributed by atoms with van der Waals surface area (Å²) >= 11 is 0. The zero-order chi connectivity index (χ0) is 9.19. The lowest BCUT2D eigenvalue weighted by Gasteiger charge is -2.29. The van der Waals surface area contributed by atoms with Crippen LogP contribution in [-0.4, -0.2) is 30.2 Å². The fraction of sp³-hybridized carbons (Fsp3) is 0.500. The van der Waals surface area contributed by atoms with E-state index in [0.29, 0.717) is 5.76 Å². The van der Waals surface area contributed by atoms with E-state index in [0.717, 1.165) is 0 Å². The van der Waals surface area contributed by atoms with Crippen molar-refractivity contribution in [1.82, 2.24) is 0 Å². The molecule has 0 heterocycles. The minimum atomic E-state index is -1.52. The Hall–Kier alpha value is -1.00. The Labute approximate surface area is 70.7 Å². The summed E-state index contributed by atoms with van der Waals surface area (Å²) in [7, 11) is 2.79. The standard InChI is InChI=1S/C8H12O4/c1-11-7-4-3-6(9)5-8(7,10)12-2/h3-4,9-10H,5H2,1-2H3. The van der Waals surface area contributed by atoms with Gasteiger partial charge in [-0.25, -0.2) is 0 Å². The van der Waals surface area contributed by atoms with E-state index in [1.54, 1.807) is 0 Å². The molecule has 68 valence electrons. The molecule has 4 heteroatoms. The van der Waals surface area contributed by atoms with E-state index >= 15 is 0 Å². The average molecular weight is 172 g/mol. The minimum absolute atomic E-state index is 0.0170. The second-order valence-corrected chi connectivity index (χ2v) is 2.56. The third kappa shape index (κ3) is 1.44. The Balaban J connectivity index is 2.91. The molecule has 0 bridgehead atoms. The molecule has 0 aromatic carbocycles. The van der Waals surface area contributed by atoms with Crippen molar-refractivity contribution in [2.75, 3.05) is 14.2 Å². The molecule has 1 unspecified atom stereocenters. The zero-order valence-electron chi connectivity index (χ0n) is 7.07. The Bertz CT molecular complexity index is 231. The molecule has 0 saturated carbocycles. The van der Waals surface area contributed by atoms with Crippen molar-refractivity contribution in [2.45, 2.75) is 12.2 Å². The fourth-order valence-corrected chi connectivity index (χ4v) is 1.09. The molecule has 0 saturated heterocycles. The molecule has 0 radical (unpaired) electrons. The molecule has 2 N–H and O–H groups in total. The molecular formula is C8H12O4. The third-order valence-electron chi connectivity index (χ3n) is 1.79. The lowest BCUT2D eigenvalue weighted by Crippen LogP contribution is -2.36. The van der Waals surface area contributed by atoms with Gasteiger partial charge in [0.15, 0.2) is 5.76 Å². The van der Waals surface area contributed by atoms with E-state index in [4.69, 9.17) is 14.6 Å². The van der Waals surface area contributed by atoms with Crippen LogP contribution in [0.4, 0.5) is 0 Å². The SMILES string of the molecule is COC1=CC=C(O)CC1(O)OC. The molecule has 0 amide bonds.